The lowest BCUT2D eigenvalue weighted by Crippen LogP contribution is -2.43. The molecule has 0 aliphatic rings. The van der Waals surface area contributed by atoms with E-state index in [1.165, 1.54) is 7.11 Å². The zero-order valence-corrected chi connectivity index (χ0v) is 13.4. The maximum Gasteiger partial charge on any atom is 0.320 e. The van der Waals surface area contributed by atoms with E-state index >= 15 is 0 Å². The number of benzene rings is 1. The van der Waals surface area contributed by atoms with Gasteiger partial charge in [0.15, 0.2) is 0 Å². The summed E-state index contributed by atoms with van der Waals surface area (Å²) in [5.41, 5.74) is 0.309. The van der Waals surface area contributed by atoms with Gasteiger partial charge in [-0.25, -0.2) is 0 Å². The summed E-state index contributed by atoms with van der Waals surface area (Å²) in [4.78, 5) is 23.5. The Labute approximate surface area is 127 Å². The van der Waals surface area contributed by atoms with E-state index in [-0.39, 0.29) is 22.3 Å². The van der Waals surface area contributed by atoms with Gasteiger partial charge in [-0.3, -0.25) is 9.59 Å². The van der Waals surface area contributed by atoms with Gasteiger partial charge >= 0.3 is 5.97 Å². The molecular formula is C14H18INO3. The first kappa shape index (κ1) is 15.9. The molecule has 1 aromatic carbocycles. The van der Waals surface area contributed by atoms with Crippen LogP contribution in [0.3, 0.4) is 0 Å². The molecule has 0 fully saturated rings. The highest BCUT2D eigenvalue weighted by Gasteiger charge is 2.30. The van der Waals surface area contributed by atoms with E-state index in [1.54, 1.807) is 0 Å². The van der Waals surface area contributed by atoms with Crippen LogP contribution in [0, 0.1) is 0 Å². The van der Waals surface area contributed by atoms with E-state index in [0.717, 1.165) is 5.56 Å². The molecule has 0 saturated heterocycles. The van der Waals surface area contributed by atoms with E-state index in [9.17, 15) is 9.59 Å². The number of rotatable bonds is 5. The highest BCUT2D eigenvalue weighted by molar-refractivity contribution is 14.1. The van der Waals surface area contributed by atoms with Crippen molar-refractivity contribution < 1.29 is 14.3 Å². The third kappa shape index (κ3) is 4.19. The fourth-order valence-electron chi connectivity index (χ4n) is 1.60. The van der Waals surface area contributed by atoms with Crippen LogP contribution in [0.2, 0.25) is 0 Å². The van der Waals surface area contributed by atoms with Crippen LogP contribution in [0.25, 0.3) is 0 Å². The van der Waals surface area contributed by atoms with Crippen molar-refractivity contribution in [3.05, 3.63) is 35.9 Å². The van der Waals surface area contributed by atoms with Gasteiger partial charge in [-0.2, -0.15) is 0 Å². The third-order valence-electron chi connectivity index (χ3n) is 2.96. The molecule has 0 spiro atoms. The Kier molecular flexibility index (Phi) is 5.78. The van der Waals surface area contributed by atoms with Crippen LogP contribution in [0.15, 0.2) is 30.3 Å². The minimum Gasteiger partial charge on any atom is -0.468 e. The maximum atomic E-state index is 12.2. The predicted molar refractivity (Wildman–Crippen MR) is 82.3 cm³/mol. The molecule has 0 aliphatic heterocycles. The highest BCUT2D eigenvalue weighted by atomic mass is 127. The van der Waals surface area contributed by atoms with Crippen LogP contribution in [0.1, 0.15) is 19.4 Å². The Bertz CT molecular complexity index is 445. The fraction of sp³-hybridized carbons (Fsp3) is 0.429. The van der Waals surface area contributed by atoms with Gasteiger partial charge < -0.3 is 10.1 Å². The summed E-state index contributed by atoms with van der Waals surface area (Å²) >= 11 is 1.95. The monoisotopic (exact) mass is 375 g/mol. The van der Waals surface area contributed by atoms with E-state index in [2.05, 4.69) is 10.1 Å². The number of hydrogen-bond acceptors (Lipinski definition) is 3. The maximum absolute atomic E-state index is 12.2. The molecule has 104 valence electrons. The summed E-state index contributed by atoms with van der Waals surface area (Å²) in [7, 11) is 1.34. The van der Waals surface area contributed by atoms with Crippen molar-refractivity contribution in [2.24, 2.45) is 0 Å². The minimum absolute atomic E-state index is 0.107. The summed E-state index contributed by atoms with van der Waals surface area (Å²) in [6.45, 7) is 3.98. The van der Waals surface area contributed by atoms with E-state index < -0.39 is 5.41 Å². The topological polar surface area (TPSA) is 55.4 Å². The van der Waals surface area contributed by atoms with Gasteiger partial charge in [-0.15, -0.1) is 0 Å². The predicted octanol–water partition coefficient (Wildman–Crippen LogP) is 2.06. The average Bonchev–Trinajstić information content (AvgIpc) is 2.44. The normalized spacial score (nSPS) is 12.6. The number of nitrogens with one attached hydrogen (secondary N) is 1. The van der Waals surface area contributed by atoms with Crippen molar-refractivity contribution in [3.8, 4) is 0 Å². The second-order valence-electron chi connectivity index (χ2n) is 4.69. The Morgan fingerprint density at radius 2 is 1.89 bits per heavy atom. The molecule has 0 heterocycles. The van der Waals surface area contributed by atoms with Crippen molar-refractivity contribution in [1.82, 2.24) is 5.32 Å². The second kappa shape index (κ2) is 6.88. The van der Waals surface area contributed by atoms with Crippen molar-refractivity contribution in [1.29, 1.82) is 0 Å². The SMILES string of the molecule is COC(=O)C(I)CNC(=O)C(C)(C)c1ccccc1. The van der Waals surface area contributed by atoms with Crippen molar-refractivity contribution in [3.63, 3.8) is 0 Å². The summed E-state index contributed by atoms with van der Waals surface area (Å²) in [6.07, 6.45) is 0. The smallest absolute Gasteiger partial charge is 0.320 e. The minimum atomic E-state index is -0.631. The molecule has 0 saturated carbocycles. The molecular weight excluding hydrogens is 357 g/mol. The number of amides is 1. The number of halogens is 1. The van der Waals surface area contributed by atoms with Gasteiger partial charge in [0.05, 0.1) is 12.5 Å². The van der Waals surface area contributed by atoms with Gasteiger partial charge in [-0.1, -0.05) is 52.9 Å². The fourth-order valence-corrected chi connectivity index (χ4v) is 2.07. The number of carbonyl (C=O) groups is 2. The summed E-state index contributed by atoms with van der Waals surface area (Å²) in [5.74, 6) is -0.442. The molecule has 1 aromatic rings. The number of esters is 1. The summed E-state index contributed by atoms with van der Waals surface area (Å²) in [5, 5.41) is 2.79. The number of alkyl halides is 1. The Morgan fingerprint density at radius 1 is 1.32 bits per heavy atom. The van der Waals surface area contributed by atoms with E-state index in [0.29, 0.717) is 0 Å². The number of hydrogen-bond donors (Lipinski definition) is 1. The highest BCUT2D eigenvalue weighted by Crippen LogP contribution is 2.22. The molecule has 1 N–H and O–H groups in total. The van der Waals surface area contributed by atoms with Crippen LogP contribution in [-0.2, 0) is 19.7 Å². The Hall–Kier alpha value is -1.11. The van der Waals surface area contributed by atoms with Crippen molar-refractivity contribution in [2.75, 3.05) is 13.7 Å². The molecule has 5 heteroatoms. The zero-order chi connectivity index (χ0) is 14.5. The second-order valence-corrected chi connectivity index (χ2v) is 6.20. The Balaban J connectivity index is 2.65. The Morgan fingerprint density at radius 3 is 2.42 bits per heavy atom. The lowest BCUT2D eigenvalue weighted by atomic mass is 9.84. The van der Waals surface area contributed by atoms with E-state index in [1.807, 2.05) is 66.8 Å². The number of carbonyl (C=O) groups excluding carboxylic acids is 2. The van der Waals surface area contributed by atoms with Crippen LogP contribution in [0.5, 0.6) is 0 Å². The van der Waals surface area contributed by atoms with E-state index in [4.69, 9.17) is 0 Å². The first-order chi connectivity index (χ1) is 8.89. The quantitative estimate of drug-likeness (QED) is 0.487. The first-order valence-corrected chi connectivity index (χ1v) is 7.20. The van der Waals surface area contributed by atoms with Crippen LogP contribution < -0.4 is 5.32 Å². The molecule has 19 heavy (non-hydrogen) atoms. The van der Waals surface area contributed by atoms with Crippen LogP contribution in [-0.4, -0.2) is 29.5 Å². The molecule has 4 nitrogen and oxygen atoms in total. The molecule has 1 rings (SSSR count). The standard InChI is InChI=1S/C14H18INO3/c1-14(2,10-7-5-4-6-8-10)13(18)16-9-11(15)12(17)19-3/h4-8,11H,9H2,1-3H3,(H,16,18). The molecule has 1 amide bonds. The van der Waals surface area contributed by atoms with Crippen LogP contribution >= 0.6 is 22.6 Å². The zero-order valence-electron chi connectivity index (χ0n) is 11.3. The lowest BCUT2D eigenvalue weighted by molar-refractivity contribution is -0.139. The first-order valence-electron chi connectivity index (χ1n) is 5.95. The van der Waals surface area contributed by atoms with Crippen LogP contribution in [0.4, 0.5) is 0 Å². The summed E-state index contributed by atoms with van der Waals surface area (Å²) < 4.78 is 4.24. The molecule has 0 aromatic heterocycles. The van der Waals surface area contributed by atoms with Gasteiger partial charge in [-0.05, 0) is 19.4 Å². The average molecular weight is 375 g/mol. The number of ether oxygens (including phenoxy) is 1. The number of methoxy groups -OCH3 is 1. The van der Waals surface area contributed by atoms with Crippen molar-refractivity contribution >= 4 is 34.5 Å². The third-order valence-corrected chi connectivity index (χ3v) is 3.91. The van der Waals surface area contributed by atoms with Gasteiger partial charge in [0, 0.05) is 6.54 Å². The van der Waals surface area contributed by atoms with Gasteiger partial charge in [0.2, 0.25) is 5.91 Å². The molecule has 0 radical (unpaired) electrons. The molecule has 1 unspecified atom stereocenters. The lowest BCUT2D eigenvalue weighted by Gasteiger charge is -2.24. The largest absolute Gasteiger partial charge is 0.468 e. The molecule has 0 aliphatic carbocycles. The summed E-state index contributed by atoms with van der Waals surface area (Å²) in [6, 6.07) is 9.55. The van der Waals surface area contributed by atoms with Gasteiger partial charge in [0.1, 0.15) is 3.92 Å². The molecule has 1 atom stereocenters. The van der Waals surface area contributed by atoms with Crippen molar-refractivity contribution in [2.45, 2.75) is 23.2 Å². The van der Waals surface area contributed by atoms with Gasteiger partial charge in [0.25, 0.3) is 0 Å². The molecule has 0 bridgehead atoms.